The van der Waals surface area contributed by atoms with E-state index < -0.39 is 5.97 Å². The Bertz CT molecular complexity index is 1590. The predicted molar refractivity (Wildman–Crippen MR) is 162 cm³/mol. The zero-order valence-corrected chi connectivity index (χ0v) is 23.8. The highest BCUT2D eigenvalue weighted by Gasteiger charge is 2.22. The normalized spacial score (nSPS) is 14.8. The Morgan fingerprint density at radius 2 is 1.71 bits per heavy atom. The Morgan fingerprint density at radius 3 is 2.38 bits per heavy atom. The number of hydroxylamine groups is 1. The zero-order chi connectivity index (χ0) is 29.6. The van der Waals surface area contributed by atoms with E-state index in [4.69, 9.17) is 9.83 Å². The SMILES string of the molecule is CCc1cc2c(C(=Nc3ccc(C(=O)NOCCN4CCN(C)CC4)cc3)c3ccccc3)c(O)[nH]c2cc1C(=O)O. The minimum atomic E-state index is -1.02. The lowest BCUT2D eigenvalue weighted by atomic mass is 9.97. The number of fused-ring (bicyclic) bond motifs is 1. The molecular formula is C32H35N5O5. The maximum absolute atomic E-state index is 12.6. The van der Waals surface area contributed by atoms with Gasteiger partial charge in [-0.25, -0.2) is 15.3 Å². The number of hydrogen-bond acceptors (Lipinski definition) is 7. The quantitative estimate of drug-likeness (QED) is 0.128. The molecule has 0 radical (unpaired) electrons. The van der Waals surface area contributed by atoms with E-state index in [9.17, 15) is 19.8 Å². The van der Waals surface area contributed by atoms with Crippen molar-refractivity contribution in [3.8, 4) is 5.88 Å². The number of aryl methyl sites for hydroxylation is 1. The van der Waals surface area contributed by atoms with E-state index in [2.05, 4.69) is 27.3 Å². The molecule has 1 amide bonds. The third-order valence-corrected chi connectivity index (χ3v) is 7.54. The van der Waals surface area contributed by atoms with Gasteiger partial charge in [0.05, 0.1) is 29.1 Å². The molecule has 1 fully saturated rings. The number of aromatic carboxylic acids is 1. The standard InChI is InChI=1S/C32H35N5O5/c1-3-21-19-26-27(20-25(21)32(40)41)34-31(39)28(26)29(22-7-5-4-6-8-22)33-24-11-9-23(10-12-24)30(38)35-42-18-17-37-15-13-36(2)14-16-37/h4-12,19-20,34,39H,3,13-18H2,1-2H3,(H,35,38)(H,40,41). The summed E-state index contributed by atoms with van der Waals surface area (Å²) in [5.74, 6) is -1.48. The van der Waals surface area contributed by atoms with Gasteiger partial charge in [0.1, 0.15) is 0 Å². The largest absolute Gasteiger partial charge is 0.494 e. The van der Waals surface area contributed by atoms with Crippen molar-refractivity contribution in [2.75, 3.05) is 46.4 Å². The van der Waals surface area contributed by atoms with Crippen molar-refractivity contribution in [1.29, 1.82) is 0 Å². The number of H-pyrrole nitrogens is 1. The third kappa shape index (κ3) is 6.52. The Morgan fingerprint density at radius 1 is 1.00 bits per heavy atom. The number of hydrogen-bond donors (Lipinski definition) is 4. The minimum Gasteiger partial charge on any atom is -0.494 e. The summed E-state index contributed by atoms with van der Waals surface area (Å²) in [6.45, 7) is 7.07. The Balaban J connectivity index is 1.37. The molecule has 4 aromatic rings. The smallest absolute Gasteiger partial charge is 0.336 e. The lowest BCUT2D eigenvalue weighted by molar-refractivity contribution is 0.0177. The van der Waals surface area contributed by atoms with Crippen LogP contribution in [0.4, 0.5) is 5.69 Å². The number of amides is 1. The van der Waals surface area contributed by atoms with Crippen LogP contribution >= 0.6 is 0 Å². The van der Waals surface area contributed by atoms with Gasteiger partial charge in [0.15, 0.2) is 5.88 Å². The second kappa shape index (κ2) is 13.0. The number of aromatic amines is 1. The van der Waals surface area contributed by atoms with Gasteiger partial charge in [0.25, 0.3) is 5.91 Å². The first-order valence-electron chi connectivity index (χ1n) is 14.0. The van der Waals surface area contributed by atoms with Gasteiger partial charge in [-0.05, 0) is 55.4 Å². The molecule has 0 saturated carbocycles. The number of carboxylic acids is 1. The van der Waals surface area contributed by atoms with Crippen molar-refractivity contribution < 1.29 is 24.6 Å². The molecule has 1 aliphatic rings. The molecular weight excluding hydrogens is 534 g/mol. The van der Waals surface area contributed by atoms with E-state index in [-0.39, 0.29) is 17.4 Å². The third-order valence-electron chi connectivity index (χ3n) is 7.54. The molecule has 5 rings (SSSR count). The maximum Gasteiger partial charge on any atom is 0.336 e. The van der Waals surface area contributed by atoms with Gasteiger partial charge >= 0.3 is 5.97 Å². The summed E-state index contributed by atoms with van der Waals surface area (Å²) < 4.78 is 0. The molecule has 1 aliphatic heterocycles. The van der Waals surface area contributed by atoms with E-state index in [0.717, 1.165) is 38.3 Å². The van der Waals surface area contributed by atoms with E-state index in [1.54, 1.807) is 36.4 Å². The van der Waals surface area contributed by atoms with Crippen LogP contribution in [0.25, 0.3) is 10.9 Å². The highest BCUT2D eigenvalue weighted by molar-refractivity contribution is 6.22. The molecule has 42 heavy (non-hydrogen) atoms. The number of rotatable bonds is 10. The summed E-state index contributed by atoms with van der Waals surface area (Å²) in [5.41, 5.74) is 6.61. The Kier molecular flexibility index (Phi) is 8.97. The van der Waals surface area contributed by atoms with E-state index in [1.165, 1.54) is 0 Å². The van der Waals surface area contributed by atoms with Crippen LogP contribution in [0.1, 0.15) is 44.3 Å². The second-order valence-electron chi connectivity index (χ2n) is 10.4. The van der Waals surface area contributed by atoms with E-state index >= 15 is 0 Å². The molecule has 0 spiro atoms. The molecule has 4 N–H and O–H groups in total. The molecule has 0 aliphatic carbocycles. The Hall–Kier alpha value is -4.51. The number of aromatic nitrogens is 1. The van der Waals surface area contributed by atoms with E-state index in [1.807, 2.05) is 37.3 Å². The van der Waals surface area contributed by atoms with Gasteiger partial charge in [-0.1, -0.05) is 37.3 Å². The molecule has 3 aromatic carbocycles. The number of aliphatic imine (C=N–C) groups is 1. The number of piperazine rings is 1. The first-order chi connectivity index (χ1) is 20.3. The van der Waals surface area contributed by atoms with Crippen molar-refractivity contribution in [2.24, 2.45) is 4.99 Å². The molecule has 10 nitrogen and oxygen atoms in total. The van der Waals surface area contributed by atoms with Crippen LogP contribution in [-0.4, -0.2) is 89.0 Å². The fourth-order valence-corrected chi connectivity index (χ4v) is 5.10. The lowest BCUT2D eigenvalue weighted by Gasteiger charge is -2.32. The number of likely N-dealkylation sites (N-methyl/N-ethyl adjacent to an activating group) is 1. The summed E-state index contributed by atoms with van der Waals surface area (Å²) in [6.07, 6.45) is 0.518. The second-order valence-corrected chi connectivity index (χ2v) is 10.4. The average Bonchev–Trinajstić information content (AvgIpc) is 3.33. The molecule has 0 unspecified atom stereocenters. The number of aromatic hydroxyl groups is 1. The summed E-state index contributed by atoms with van der Waals surface area (Å²) in [4.78, 5) is 42.3. The van der Waals surface area contributed by atoms with Crippen LogP contribution in [0.15, 0.2) is 71.7 Å². The summed E-state index contributed by atoms with van der Waals surface area (Å²) in [6, 6.07) is 19.6. The fourth-order valence-electron chi connectivity index (χ4n) is 5.10. The van der Waals surface area contributed by atoms with E-state index in [0.29, 0.717) is 52.0 Å². The van der Waals surface area contributed by atoms with Gasteiger partial charge in [-0.2, -0.15) is 0 Å². The summed E-state index contributed by atoms with van der Waals surface area (Å²) in [7, 11) is 2.11. The van der Waals surface area contributed by atoms with Crippen molar-refractivity contribution in [2.45, 2.75) is 13.3 Å². The highest BCUT2D eigenvalue weighted by atomic mass is 16.7. The number of carbonyl (C=O) groups is 2. The summed E-state index contributed by atoms with van der Waals surface area (Å²) >= 11 is 0. The molecule has 218 valence electrons. The van der Waals surface area contributed by atoms with Crippen molar-refractivity contribution >= 4 is 34.2 Å². The number of nitrogens with zero attached hydrogens (tertiary/aromatic N) is 3. The number of nitrogens with one attached hydrogen (secondary N) is 2. The fraction of sp³-hybridized carbons (Fsp3) is 0.281. The monoisotopic (exact) mass is 569 g/mol. The molecule has 0 bridgehead atoms. The van der Waals surface area contributed by atoms with Crippen LogP contribution in [0.5, 0.6) is 5.88 Å². The molecule has 0 atom stereocenters. The minimum absolute atomic E-state index is 0.109. The van der Waals surface area contributed by atoms with Gasteiger partial charge in [0, 0.05) is 54.8 Å². The van der Waals surface area contributed by atoms with Crippen LogP contribution < -0.4 is 5.48 Å². The van der Waals surface area contributed by atoms with Crippen LogP contribution in [0.3, 0.4) is 0 Å². The van der Waals surface area contributed by atoms with Gasteiger partial charge in [-0.3, -0.25) is 14.5 Å². The van der Waals surface area contributed by atoms with Gasteiger partial charge in [-0.15, -0.1) is 0 Å². The lowest BCUT2D eigenvalue weighted by Crippen LogP contribution is -2.45. The number of carbonyl (C=O) groups excluding carboxylic acids is 1. The predicted octanol–water partition coefficient (Wildman–Crippen LogP) is 4.21. The van der Waals surface area contributed by atoms with Gasteiger partial charge in [0.2, 0.25) is 0 Å². The highest BCUT2D eigenvalue weighted by Crippen LogP contribution is 2.33. The van der Waals surface area contributed by atoms with Crippen molar-refractivity contribution in [3.05, 3.63) is 94.5 Å². The summed E-state index contributed by atoms with van der Waals surface area (Å²) in [5, 5.41) is 21.3. The van der Waals surface area contributed by atoms with Crippen LogP contribution in [-0.2, 0) is 11.3 Å². The molecule has 2 heterocycles. The first kappa shape index (κ1) is 29.0. The molecule has 1 saturated heterocycles. The van der Waals surface area contributed by atoms with Crippen LogP contribution in [0.2, 0.25) is 0 Å². The Labute approximate surface area is 244 Å². The number of benzene rings is 3. The van der Waals surface area contributed by atoms with Crippen molar-refractivity contribution in [1.82, 2.24) is 20.3 Å². The number of carboxylic acid groups (broad SMARTS) is 1. The van der Waals surface area contributed by atoms with Gasteiger partial charge < -0.3 is 20.1 Å². The maximum atomic E-state index is 12.6. The topological polar surface area (TPSA) is 130 Å². The molecule has 10 heteroatoms. The van der Waals surface area contributed by atoms with Crippen molar-refractivity contribution in [3.63, 3.8) is 0 Å². The zero-order valence-electron chi connectivity index (χ0n) is 23.8. The first-order valence-corrected chi connectivity index (χ1v) is 14.0. The average molecular weight is 570 g/mol. The molecule has 1 aromatic heterocycles. The van der Waals surface area contributed by atoms with Crippen LogP contribution in [0, 0.1) is 0 Å².